The third kappa shape index (κ3) is 1.99. The SMILES string of the molecule is CC(C)O[C@@H]1CNC(=O)C1. The Morgan fingerprint density at radius 2 is 2.40 bits per heavy atom. The zero-order valence-electron chi connectivity index (χ0n) is 6.39. The molecule has 3 nitrogen and oxygen atoms in total. The third-order valence-corrected chi connectivity index (χ3v) is 1.40. The van der Waals surface area contributed by atoms with Gasteiger partial charge < -0.3 is 10.1 Å². The molecule has 0 unspecified atom stereocenters. The summed E-state index contributed by atoms with van der Waals surface area (Å²) in [6, 6.07) is 0. The number of hydrogen-bond donors (Lipinski definition) is 1. The van der Waals surface area contributed by atoms with Crippen LogP contribution in [0.15, 0.2) is 0 Å². The van der Waals surface area contributed by atoms with Crippen LogP contribution >= 0.6 is 0 Å². The van der Waals surface area contributed by atoms with Crippen LogP contribution < -0.4 is 5.32 Å². The van der Waals surface area contributed by atoms with Crippen LogP contribution in [0.4, 0.5) is 0 Å². The summed E-state index contributed by atoms with van der Waals surface area (Å²) in [6.45, 7) is 4.63. The van der Waals surface area contributed by atoms with Crippen LogP contribution in [0.25, 0.3) is 0 Å². The standard InChI is InChI=1S/C7H13NO2/c1-5(2)10-6-3-7(9)8-4-6/h5-6H,3-4H2,1-2H3,(H,8,9)/t6-/m0/s1. The van der Waals surface area contributed by atoms with Gasteiger partial charge in [0.25, 0.3) is 0 Å². The van der Waals surface area contributed by atoms with Crippen LogP contribution in [0, 0.1) is 0 Å². The molecule has 0 aromatic carbocycles. The van der Waals surface area contributed by atoms with Crippen molar-refractivity contribution in [1.29, 1.82) is 0 Å². The van der Waals surface area contributed by atoms with Gasteiger partial charge in [-0.3, -0.25) is 4.79 Å². The summed E-state index contributed by atoms with van der Waals surface area (Å²) < 4.78 is 5.40. The Bertz CT molecular complexity index is 134. The molecular formula is C7H13NO2. The second-order valence-corrected chi connectivity index (χ2v) is 2.82. The van der Waals surface area contributed by atoms with Gasteiger partial charge >= 0.3 is 0 Å². The minimum atomic E-state index is 0.102. The molecule has 1 heterocycles. The number of hydrogen-bond acceptors (Lipinski definition) is 2. The maximum atomic E-state index is 10.6. The molecule has 1 aliphatic heterocycles. The first kappa shape index (κ1) is 7.54. The van der Waals surface area contributed by atoms with Crippen molar-refractivity contribution in [3.63, 3.8) is 0 Å². The van der Waals surface area contributed by atoms with Gasteiger partial charge in [0.1, 0.15) is 0 Å². The quantitative estimate of drug-likeness (QED) is 0.603. The summed E-state index contributed by atoms with van der Waals surface area (Å²) in [5.74, 6) is 0.102. The van der Waals surface area contributed by atoms with Crippen molar-refractivity contribution in [3.05, 3.63) is 0 Å². The molecule has 1 aliphatic rings. The molecule has 3 heteroatoms. The zero-order valence-corrected chi connectivity index (χ0v) is 6.39. The molecule has 0 aromatic rings. The van der Waals surface area contributed by atoms with Crippen LogP contribution in [0.5, 0.6) is 0 Å². The highest BCUT2D eigenvalue weighted by atomic mass is 16.5. The fourth-order valence-corrected chi connectivity index (χ4v) is 1.06. The average Bonchev–Trinajstić information content (AvgIpc) is 2.13. The van der Waals surface area contributed by atoms with Crippen molar-refractivity contribution in [2.24, 2.45) is 0 Å². The van der Waals surface area contributed by atoms with E-state index in [1.807, 2.05) is 13.8 Å². The van der Waals surface area contributed by atoms with Gasteiger partial charge in [-0.05, 0) is 13.8 Å². The van der Waals surface area contributed by atoms with Gasteiger partial charge in [0.05, 0.1) is 18.6 Å². The van der Waals surface area contributed by atoms with Crippen LogP contribution in [-0.4, -0.2) is 24.7 Å². The van der Waals surface area contributed by atoms with E-state index < -0.39 is 0 Å². The number of carbonyl (C=O) groups excluding carboxylic acids is 1. The van der Waals surface area contributed by atoms with Gasteiger partial charge in [-0.15, -0.1) is 0 Å². The summed E-state index contributed by atoms with van der Waals surface area (Å²) in [7, 11) is 0. The fourth-order valence-electron chi connectivity index (χ4n) is 1.06. The van der Waals surface area contributed by atoms with Gasteiger partial charge in [-0.25, -0.2) is 0 Å². The van der Waals surface area contributed by atoms with Crippen molar-refractivity contribution in [3.8, 4) is 0 Å². The molecule has 0 spiro atoms. The lowest BCUT2D eigenvalue weighted by molar-refractivity contribution is -0.120. The first-order valence-corrected chi connectivity index (χ1v) is 3.60. The largest absolute Gasteiger partial charge is 0.373 e. The van der Waals surface area contributed by atoms with E-state index in [2.05, 4.69) is 5.32 Å². The summed E-state index contributed by atoms with van der Waals surface area (Å²) in [5, 5.41) is 2.71. The van der Waals surface area contributed by atoms with Crippen molar-refractivity contribution in [2.75, 3.05) is 6.54 Å². The van der Waals surface area contributed by atoms with E-state index in [0.717, 1.165) is 0 Å². The minimum absolute atomic E-state index is 0.102. The smallest absolute Gasteiger partial charge is 0.222 e. The predicted octanol–water partition coefficient (Wildman–Crippen LogP) is 0.300. The summed E-state index contributed by atoms with van der Waals surface area (Å²) in [4.78, 5) is 10.6. The molecule has 1 N–H and O–H groups in total. The first-order chi connectivity index (χ1) is 4.68. The lowest BCUT2D eigenvalue weighted by Gasteiger charge is -2.11. The van der Waals surface area contributed by atoms with E-state index in [1.165, 1.54) is 0 Å². The normalized spacial score (nSPS) is 25.5. The molecule has 1 atom stereocenters. The molecule has 1 saturated heterocycles. The number of amides is 1. The lowest BCUT2D eigenvalue weighted by atomic mass is 10.3. The van der Waals surface area contributed by atoms with Crippen molar-refractivity contribution >= 4 is 5.91 Å². The zero-order chi connectivity index (χ0) is 7.56. The molecule has 58 valence electrons. The first-order valence-electron chi connectivity index (χ1n) is 3.60. The highest BCUT2D eigenvalue weighted by molar-refractivity contribution is 5.78. The summed E-state index contributed by atoms with van der Waals surface area (Å²) >= 11 is 0. The molecule has 0 aromatic heterocycles. The van der Waals surface area contributed by atoms with Gasteiger partial charge in [0.15, 0.2) is 0 Å². The van der Waals surface area contributed by atoms with Gasteiger partial charge in [-0.1, -0.05) is 0 Å². The second-order valence-electron chi connectivity index (χ2n) is 2.82. The second kappa shape index (κ2) is 3.01. The monoisotopic (exact) mass is 143 g/mol. The molecule has 0 saturated carbocycles. The van der Waals surface area contributed by atoms with Gasteiger partial charge in [0, 0.05) is 6.54 Å². The Kier molecular flexibility index (Phi) is 2.27. The number of carbonyl (C=O) groups is 1. The van der Waals surface area contributed by atoms with Gasteiger partial charge in [-0.2, -0.15) is 0 Å². The van der Waals surface area contributed by atoms with E-state index >= 15 is 0 Å². The van der Waals surface area contributed by atoms with Crippen LogP contribution in [-0.2, 0) is 9.53 Å². The maximum absolute atomic E-state index is 10.6. The third-order valence-electron chi connectivity index (χ3n) is 1.40. The fraction of sp³-hybridized carbons (Fsp3) is 0.857. The lowest BCUT2D eigenvalue weighted by Crippen LogP contribution is -2.20. The highest BCUT2D eigenvalue weighted by Gasteiger charge is 2.22. The van der Waals surface area contributed by atoms with Crippen molar-refractivity contribution < 1.29 is 9.53 Å². The topological polar surface area (TPSA) is 38.3 Å². The molecule has 1 amide bonds. The minimum Gasteiger partial charge on any atom is -0.373 e. The van der Waals surface area contributed by atoms with E-state index in [1.54, 1.807) is 0 Å². The Balaban J connectivity index is 2.24. The van der Waals surface area contributed by atoms with Crippen LogP contribution in [0.1, 0.15) is 20.3 Å². The van der Waals surface area contributed by atoms with Crippen molar-refractivity contribution in [1.82, 2.24) is 5.32 Å². The van der Waals surface area contributed by atoms with Crippen molar-refractivity contribution in [2.45, 2.75) is 32.5 Å². The van der Waals surface area contributed by atoms with E-state index in [-0.39, 0.29) is 18.1 Å². The van der Waals surface area contributed by atoms with E-state index in [9.17, 15) is 4.79 Å². The highest BCUT2D eigenvalue weighted by Crippen LogP contribution is 2.06. The molecular weight excluding hydrogens is 130 g/mol. The van der Waals surface area contributed by atoms with Gasteiger partial charge in [0.2, 0.25) is 5.91 Å². The number of nitrogens with one attached hydrogen (secondary N) is 1. The molecule has 0 aliphatic carbocycles. The van der Waals surface area contributed by atoms with E-state index in [0.29, 0.717) is 13.0 Å². The number of ether oxygens (including phenoxy) is 1. The average molecular weight is 143 g/mol. The summed E-state index contributed by atoms with van der Waals surface area (Å²) in [6.07, 6.45) is 0.850. The Labute approximate surface area is 60.7 Å². The van der Waals surface area contributed by atoms with Crippen LogP contribution in [0.2, 0.25) is 0 Å². The molecule has 0 bridgehead atoms. The Morgan fingerprint density at radius 3 is 2.80 bits per heavy atom. The Hall–Kier alpha value is -0.570. The molecule has 10 heavy (non-hydrogen) atoms. The summed E-state index contributed by atoms with van der Waals surface area (Å²) in [5.41, 5.74) is 0. The molecule has 1 fully saturated rings. The molecule has 1 rings (SSSR count). The van der Waals surface area contributed by atoms with Crippen LogP contribution in [0.3, 0.4) is 0 Å². The molecule has 0 radical (unpaired) electrons. The maximum Gasteiger partial charge on any atom is 0.222 e. The number of rotatable bonds is 2. The Morgan fingerprint density at radius 1 is 1.70 bits per heavy atom. The van der Waals surface area contributed by atoms with E-state index in [4.69, 9.17) is 4.74 Å². The predicted molar refractivity (Wildman–Crippen MR) is 37.6 cm³/mol.